The number of nitrogens with zero attached hydrogens (tertiary/aromatic N) is 2. The minimum atomic E-state index is -1.09. The summed E-state index contributed by atoms with van der Waals surface area (Å²) in [5.74, 6) is -0.527. The lowest BCUT2D eigenvalue weighted by atomic mass is 10.2. The highest BCUT2D eigenvalue weighted by molar-refractivity contribution is 8.00. The summed E-state index contributed by atoms with van der Waals surface area (Å²) < 4.78 is 0. The molecule has 0 spiro atoms. The summed E-state index contributed by atoms with van der Waals surface area (Å²) in [6.07, 6.45) is 1.30. The highest BCUT2D eigenvalue weighted by Crippen LogP contribution is 2.14. The second-order valence-electron chi connectivity index (χ2n) is 3.85. The van der Waals surface area contributed by atoms with E-state index in [2.05, 4.69) is 10.3 Å². The Kier molecular flexibility index (Phi) is 4.00. The summed E-state index contributed by atoms with van der Waals surface area (Å²) in [4.78, 5) is 39.1. The van der Waals surface area contributed by atoms with Gasteiger partial charge in [-0.05, 0) is 12.1 Å². The van der Waals surface area contributed by atoms with Crippen molar-refractivity contribution in [3.8, 4) is 0 Å². The van der Waals surface area contributed by atoms with Crippen molar-refractivity contribution in [2.45, 2.75) is 0 Å². The molecular formula is C11H11N3O4S. The SMILES string of the molecule is O=C(CN1CSCC1=O)Nc1cc(C(=O)O)ccn1. The molecule has 0 atom stereocenters. The van der Waals surface area contributed by atoms with Gasteiger partial charge in [-0.3, -0.25) is 9.59 Å². The Bertz CT molecular complexity index is 534. The number of carbonyl (C=O) groups is 3. The normalized spacial score (nSPS) is 14.5. The number of carbonyl (C=O) groups excluding carboxylic acids is 2. The molecule has 0 bridgehead atoms. The maximum Gasteiger partial charge on any atom is 0.335 e. The molecule has 1 saturated heterocycles. The summed E-state index contributed by atoms with van der Waals surface area (Å²) in [7, 11) is 0. The maximum atomic E-state index is 11.7. The van der Waals surface area contributed by atoms with Gasteiger partial charge in [0.1, 0.15) is 12.4 Å². The highest BCUT2D eigenvalue weighted by Gasteiger charge is 2.23. The number of rotatable bonds is 4. The first-order valence-corrected chi connectivity index (χ1v) is 6.56. The van der Waals surface area contributed by atoms with E-state index < -0.39 is 11.9 Å². The lowest BCUT2D eigenvalue weighted by Gasteiger charge is -2.13. The second kappa shape index (κ2) is 5.70. The Morgan fingerprint density at radius 2 is 2.32 bits per heavy atom. The van der Waals surface area contributed by atoms with E-state index in [0.29, 0.717) is 11.6 Å². The summed E-state index contributed by atoms with van der Waals surface area (Å²) in [5.41, 5.74) is 0.0399. The molecule has 7 nitrogen and oxygen atoms in total. The topological polar surface area (TPSA) is 99.6 Å². The van der Waals surface area contributed by atoms with Gasteiger partial charge >= 0.3 is 5.97 Å². The van der Waals surface area contributed by atoms with Crippen LogP contribution in [0.1, 0.15) is 10.4 Å². The fourth-order valence-electron chi connectivity index (χ4n) is 1.53. The van der Waals surface area contributed by atoms with Crippen LogP contribution >= 0.6 is 11.8 Å². The molecule has 8 heteroatoms. The van der Waals surface area contributed by atoms with Crippen LogP contribution in [-0.4, -0.2) is 50.9 Å². The number of thioether (sulfide) groups is 1. The molecule has 19 heavy (non-hydrogen) atoms. The molecule has 0 aromatic carbocycles. The third kappa shape index (κ3) is 3.44. The van der Waals surface area contributed by atoms with Gasteiger partial charge in [-0.15, -0.1) is 11.8 Å². The minimum absolute atomic E-state index is 0.0399. The average Bonchev–Trinajstić information content (AvgIpc) is 2.75. The molecule has 0 radical (unpaired) electrons. The van der Waals surface area contributed by atoms with Gasteiger partial charge in [-0.2, -0.15) is 0 Å². The third-order valence-electron chi connectivity index (χ3n) is 2.43. The largest absolute Gasteiger partial charge is 0.478 e. The standard InChI is InChI=1S/C11H11N3O4S/c15-9(4-14-6-19-5-10(14)16)13-8-3-7(11(17)18)1-2-12-8/h1-3H,4-6H2,(H,17,18)(H,12,13,15). The summed E-state index contributed by atoms with van der Waals surface area (Å²) in [6, 6.07) is 2.60. The number of carboxylic acids is 1. The quantitative estimate of drug-likeness (QED) is 0.820. The number of carboxylic acid groups (broad SMARTS) is 1. The summed E-state index contributed by atoms with van der Waals surface area (Å²) in [6.45, 7) is -0.0508. The monoisotopic (exact) mass is 281 g/mol. The van der Waals surface area contributed by atoms with Crippen molar-refractivity contribution in [2.24, 2.45) is 0 Å². The number of nitrogens with one attached hydrogen (secondary N) is 1. The third-order valence-corrected chi connectivity index (χ3v) is 3.38. The molecule has 2 heterocycles. The number of amides is 2. The van der Waals surface area contributed by atoms with Gasteiger partial charge in [0, 0.05) is 6.20 Å². The molecule has 1 aliphatic rings. The fraction of sp³-hybridized carbons (Fsp3) is 0.273. The van der Waals surface area contributed by atoms with Crippen molar-refractivity contribution in [1.29, 1.82) is 0 Å². The van der Waals surface area contributed by atoms with Crippen LogP contribution in [0.4, 0.5) is 5.82 Å². The molecule has 2 N–H and O–H groups in total. The molecule has 1 aromatic heterocycles. The van der Waals surface area contributed by atoms with E-state index in [0.717, 1.165) is 0 Å². The lowest BCUT2D eigenvalue weighted by Crippen LogP contribution is -2.34. The van der Waals surface area contributed by atoms with Gasteiger partial charge in [0.15, 0.2) is 0 Å². The van der Waals surface area contributed by atoms with Gasteiger partial charge in [-0.1, -0.05) is 0 Å². The van der Waals surface area contributed by atoms with Crippen LogP contribution in [0.15, 0.2) is 18.3 Å². The van der Waals surface area contributed by atoms with E-state index in [1.807, 2.05) is 0 Å². The van der Waals surface area contributed by atoms with E-state index >= 15 is 0 Å². The number of pyridine rings is 1. The van der Waals surface area contributed by atoms with Crippen LogP contribution in [0.25, 0.3) is 0 Å². The van der Waals surface area contributed by atoms with Crippen LogP contribution in [0, 0.1) is 0 Å². The van der Waals surface area contributed by atoms with Crippen LogP contribution in [0.3, 0.4) is 0 Å². The van der Waals surface area contributed by atoms with Crippen molar-refractivity contribution in [3.05, 3.63) is 23.9 Å². The van der Waals surface area contributed by atoms with Gasteiger partial charge in [-0.25, -0.2) is 9.78 Å². The van der Waals surface area contributed by atoms with E-state index in [9.17, 15) is 14.4 Å². The van der Waals surface area contributed by atoms with Crippen molar-refractivity contribution in [2.75, 3.05) is 23.5 Å². The predicted molar refractivity (Wildman–Crippen MR) is 68.9 cm³/mol. The molecule has 100 valence electrons. The Hall–Kier alpha value is -2.09. The van der Waals surface area contributed by atoms with E-state index in [-0.39, 0.29) is 23.8 Å². The van der Waals surface area contributed by atoms with Crippen LogP contribution in [0.2, 0.25) is 0 Å². The molecule has 1 aliphatic heterocycles. The van der Waals surface area contributed by atoms with Crippen molar-refractivity contribution < 1.29 is 19.5 Å². The minimum Gasteiger partial charge on any atom is -0.478 e. The van der Waals surface area contributed by atoms with E-state index in [1.54, 1.807) is 0 Å². The first kappa shape index (κ1) is 13.3. The first-order valence-electron chi connectivity index (χ1n) is 5.41. The highest BCUT2D eigenvalue weighted by atomic mass is 32.2. The van der Waals surface area contributed by atoms with Gasteiger partial charge in [0.2, 0.25) is 11.8 Å². The van der Waals surface area contributed by atoms with Crippen LogP contribution < -0.4 is 5.32 Å². The Morgan fingerprint density at radius 3 is 2.95 bits per heavy atom. The molecular weight excluding hydrogens is 270 g/mol. The van der Waals surface area contributed by atoms with E-state index in [1.165, 1.54) is 35.0 Å². The predicted octanol–water partition coefficient (Wildman–Crippen LogP) is 0.251. The lowest BCUT2D eigenvalue weighted by molar-refractivity contribution is -0.130. The van der Waals surface area contributed by atoms with Crippen molar-refractivity contribution >= 4 is 35.4 Å². The van der Waals surface area contributed by atoms with Crippen LogP contribution in [-0.2, 0) is 9.59 Å². The second-order valence-corrected chi connectivity index (χ2v) is 4.81. The molecule has 1 aromatic rings. The zero-order valence-corrected chi connectivity index (χ0v) is 10.6. The zero-order chi connectivity index (χ0) is 13.8. The zero-order valence-electron chi connectivity index (χ0n) is 9.83. The van der Waals surface area contributed by atoms with Gasteiger partial charge in [0.05, 0.1) is 17.2 Å². The Morgan fingerprint density at radius 1 is 1.53 bits per heavy atom. The molecule has 2 rings (SSSR count). The average molecular weight is 281 g/mol. The van der Waals surface area contributed by atoms with Gasteiger partial charge < -0.3 is 15.3 Å². The van der Waals surface area contributed by atoms with Crippen LogP contribution in [0.5, 0.6) is 0 Å². The number of hydrogen-bond acceptors (Lipinski definition) is 5. The first-order chi connectivity index (χ1) is 9.06. The smallest absolute Gasteiger partial charge is 0.335 e. The summed E-state index contributed by atoms with van der Waals surface area (Å²) in [5, 5.41) is 11.3. The van der Waals surface area contributed by atoms with Gasteiger partial charge in [0.25, 0.3) is 0 Å². The Balaban J connectivity index is 1.97. The van der Waals surface area contributed by atoms with Crippen molar-refractivity contribution in [1.82, 2.24) is 9.88 Å². The van der Waals surface area contributed by atoms with E-state index in [4.69, 9.17) is 5.11 Å². The molecule has 0 unspecified atom stereocenters. The molecule has 2 amide bonds. The number of aromatic nitrogens is 1. The Labute approximate surface area is 113 Å². The maximum absolute atomic E-state index is 11.7. The number of aromatic carboxylic acids is 1. The number of anilines is 1. The van der Waals surface area contributed by atoms with Crippen molar-refractivity contribution in [3.63, 3.8) is 0 Å². The summed E-state index contributed by atoms with van der Waals surface area (Å²) >= 11 is 1.45. The number of hydrogen-bond donors (Lipinski definition) is 2. The molecule has 0 aliphatic carbocycles. The molecule has 1 fully saturated rings. The molecule has 0 saturated carbocycles. The fourth-order valence-corrected chi connectivity index (χ4v) is 2.43.